The van der Waals surface area contributed by atoms with Crippen molar-refractivity contribution in [2.24, 2.45) is 0 Å². The highest BCUT2D eigenvalue weighted by atomic mass is 16.4. The second-order valence-electron chi connectivity index (χ2n) is 3.18. The van der Waals surface area contributed by atoms with Crippen molar-refractivity contribution in [2.75, 3.05) is 0 Å². The molecule has 1 aliphatic rings. The van der Waals surface area contributed by atoms with Gasteiger partial charge in [-0.15, -0.1) is 0 Å². The number of nitrogens with zero attached hydrogens (tertiary/aromatic N) is 1. The van der Waals surface area contributed by atoms with Crippen molar-refractivity contribution in [2.45, 2.75) is 18.3 Å². The van der Waals surface area contributed by atoms with Gasteiger partial charge in [0, 0.05) is 6.07 Å². The zero-order valence-electron chi connectivity index (χ0n) is 6.78. The molecule has 1 saturated carbocycles. The molecule has 1 aliphatic carbocycles. The van der Waals surface area contributed by atoms with E-state index >= 15 is 0 Å². The summed E-state index contributed by atoms with van der Waals surface area (Å²) in [5, 5.41) is 8.90. The van der Waals surface area contributed by atoms with E-state index in [2.05, 4.69) is 9.97 Å². The summed E-state index contributed by atoms with van der Waals surface area (Å²) in [6.45, 7) is 0. The number of carboxylic acid groups (broad SMARTS) is 1. The van der Waals surface area contributed by atoms with Crippen LogP contribution in [0.2, 0.25) is 0 Å². The van der Waals surface area contributed by atoms with E-state index in [1.807, 2.05) is 0 Å². The maximum atomic E-state index is 10.9. The number of carboxylic acids is 1. The Balaban J connectivity index is 2.47. The molecule has 0 aliphatic heterocycles. The number of aliphatic carboxylic acids is 1. The molecule has 0 spiro atoms. The van der Waals surface area contributed by atoms with Gasteiger partial charge in [0.25, 0.3) is 5.56 Å². The molecule has 68 valence electrons. The van der Waals surface area contributed by atoms with E-state index in [1.165, 1.54) is 12.4 Å². The Morgan fingerprint density at radius 2 is 2.31 bits per heavy atom. The van der Waals surface area contributed by atoms with Gasteiger partial charge in [0.1, 0.15) is 5.41 Å². The first kappa shape index (κ1) is 7.97. The minimum atomic E-state index is -0.898. The molecule has 5 nitrogen and oxygen atoms in total. The quantitative estimate of drug-likeness (QED) is 0.665. The third-order valence-electron chi connectivity index (χ3n) is 2.33. The van der Waals surface area contributed by atoms with Crippen LogP contribution in [0.3, 0.4) is 0 Å². The third kappa shape index (κ3) is 1.12. The molecule has 1 heterocycles. The first-order chi connectivity index (χ1) is 6.15. The lowest BCUT2D eigenvalue weighted by Gasteiger charge is -2.06. The lowest BCUT2D eigenvalue weighted by atomic mass is 10.0. The van der Waals surface area contributed by atoms with Crippen molar-refractivity contribution in [3.63, 3.8) is 0 Å². The Morgan fingerprint density at radius 3 is 2.77 bits per heavy atom. The number of aromatic amines is 1. The van der Waals surface area contributed by atoms with Gasteiger partial charge >= 0.3 is 5.97 Å². The van der Waals surface area contributed by atoms with Gasteiger partial charge in [-0.25, -0.2) is 4.98 Å². The maximum absolute atomic E-state index is 10.9. The number of carbonyl (C=O) groups is 1. The average molecular weight is 180 g/mol. The fourth-order valence-corrected chi connectivity index (χ4v) is 1.33. The van der Waals surface area contributed by atoms with Crippen molar-refractivity contribution < 1.29 is 9.90 Å². The Kier molecular flexibility index (Phi) is 1.48. The Bertz CT molecular complexity index is 406. The monoisotopic (exact) mass is 180 g/mol. The van der Waals surface area contributed by atoms with Gasteiger partial charge in [0.15, 0.2) is 0 Å². The van der Waals surface area contributed by atoms with Gasteiger partial charge in [-0.05, 0) is 12.8 Å². The standard InChI is InChI=1S/C8H8N2O3/c11-6-3-5(9-4-10-6)8(1-2-8)7(12)13/h3-4H,1-2H2,(H,12,13)(H,9,10,11). The van der Waals surface area contributed by atoms with E-state index in [0.29, 0.717) is 18.5 Å². The van der Waals surface area contributed by atoms with Crippen LogP contribution < -0.4 is 5.56 Å². The predicted octanol–water partition coefficient (Wildman–Crippen LogP) is -0.114. The lowest BCUT2D eigenvalue weighted by Crippen LogP contribution is -2.23. The third-order valence-corrected chi connectivity index (χ3v) is 2.33. The molecule has 0 atom stereocenters. The SMILES string of the molecule is O=C(O)C1(c2cc(=O)[nH]cn2)CC1. The van der Waals surface area contributed by atoms with Crippen LogP contribution in [0.4, 0.5) is 0 Å². The molecule has 0 radical (unpaired) electrons. The van der Waals surface area contributed by atoms with E-state index in [-0.39, 0.29) is 5.56 Å². The molecular weight excluding hydrogens is 172 g/mol. The largest absolute Gasteiger partial charge is 0.481 e. The van der Waals surface area contributed by atoms with Crippen molar-refractivity contribution in [3.8, 4) is 0 Å². The van der Waals surface area contributed by atoms with Crippen LogP contribution >= 0.6 is 0 Å². The molecule has 1 aromatic heterocycles. The van der Waals surface area contributed by atoms with E-state index in [1.54, 1.807) is 0 Å². The lowest BCUT2D eigenvalue weighted by molar-refractivity contribution is -0.140. The molecule has 0 unspecified atom stereocenters. The van der Waals surface area contributed by atoms with Crippen LogP contribution in [0.1, 0.15) is 18.5 Å². The molecular formula is C8H8N2O3. The second-order valence-corrected chi connectivity index (χ2v) is 3.18. The summed E-state index contributed by atoms with van der Waals surface area (Å²) in [4.78, 5) is 28.0. The summed E-state index contributed by atoms with van der Waals surface area (Å²) in [7, 11) is 0. The summed E-state index contributed by atoms with van der Waals surface area (Å²) in [6.07, 6.45) is 2.37. The summed E-state index contributed by atoms with van der Waals surface area (Å²) >= 11 is 0. The summed E-state index contributed by atoms with van der Waals surface area (Å²) in [5.41, 5.74) is -0.824. The molecule has 1 fully saturated rings. The number of hydrogen-bond acceptors (Lipinski definition) is 3. The van der Waals surface area contributed by atoms with E-state index in [9.17, 15) is 9.59 Å². The number of hydrogen-bond donors (Lipinski definition) is 2. The van der Waals surface area contributed by atoms with Crippen LogP contribution in [0, 0.1) is 0 Å². The van der Waals surface area contributed by atoms with Crippen molar-refractivity contribution in [1.82, 2.24) is 9.97 Å². The number of nitrogens with one attached hydrogen (secondary N) is 1. The molecule has 13 heavy (non-hydrogen) atoms. The summed E-state index contributed by atoms with van der Waals surface area (Å²) in [5.74, 6) is -0.898. The first-order valence-electron chi connectivity index (χ1n) is 3.94. The van der Waals surface area contributed by atoms with Gasteiger partial charge in [0.2, 0.25) is 0 Å². The van der Waals surface area contributed by atoms with Crippen molar-refractivity contribution in [3.05, 3.63) is 28.4 Å². The Hall–Kier alpha value is -1.65. The normalized spacial score (nSPS) is 18.2. The fourth-order valence-electron chi connectivity index (χ4n) is 1.33. The van der Waals surface area contributed by atoms with Gasteiger partial charge in [-0.3, -0.25) is 9.59 Å². The van der Waals surface area contributed by atoms with Crippen LogP contribution in [0.15, 0.2) is 17.2 Å². The van der Waals surface area contributed by atoms with Crippen LogP contribution in [0.5, 0.6) is 0 Å². The number of aromatic nitrogens is 2. The van der Waals surface area contributed by atoms with Crippen LogP contribution in [-0.2, 0) is 10.2 Å². The molecule has 5 heteroatoms. The van der Waals surface area contributed by atoms with E-state index in [0.717, 1.165) is 0 Å². The highest BCUT2D eigenvalue weighted by Crippen LogP contribution is 2.46. The summed E-state index contributed by atoms with van der Waals surface area (Å²) in [6, 6.07) is 1.25. The van der Waals surface area contributed by atoms with E-state index < -0.39 is 11.4 Å². The van der Waals surface area contributed by atoms with Crippen molar-refractivity contribution >= 4 is 5.97 Å². The molecule has 0 amide bonds. The van der Waals surface area contributed by atoms with Crippen LogP contribution in [0.25, 0.3) is 0 Å². The van der Waals surface area contributed by atoms with Gasteiger partial charge in [-0.2, -0.15) is 0 Å². The Labute approximate surface area is 73.4 Å². The highest BCUT2D eigenvalue weighted by Gasteiger charge is 2.53. The van der Waals surface area contributed by atoms with E-state index in [4.69, 9.17) is 5.11 Å². The molecule has 0 saturated heterocycles. The average Bonchev–Trinajstić information content (AvgIpc) is 2.83. The minimum absolute atomic E-state index is 0.308. The van der Waals surface area contributed by atoms with Crippen LogP contribution in [-0.4, -0.2) is 21.0 Å². The second kappa shape index (κ2) is 2.42. The zero-order chi connectivity index (χ0) is 9.47. The number of H-pyrrole nitrogens is 1. The smallest absolute Gasteiger partial charge is 0.315 e. The molecule has 2 N–H and O–H groups in total. The predicted molar refractivity (Wildman–Crippen MR) is 43.4 cm³/mol. The summed E-state index contributed by atoms with van der Waals surface area (Å²) < 4.78 is 0. The van der Waals surface area contributed by atoms with Gasteiger partial charge in [0.05, 0.1) is 12.0 Å². The molecule has 2 rings (SSSR count). The molecule has 1 aromatic rings. The molecule has 0 aromatic carbocycles. The topological polar surface area (TPSA) is 83.0 Å². The minimum Gasteiger partial charge on any atom is -0.481 e. The molecule has 0 bridgehead atoms. The maximum Gasteiger partial charge on any atom is 0.315 e. The number of rotatable bonds is 2. The fraction of sp³-hybridized carbons (Fsp3) is 0.375. The Morgan fingerprint density at radius 1 is 1.62 bits per heavy atom. The highest BCUT2D eigenvalue weighted by molar-refractivity contribution is 5.84. The zero-order valence-corrected chi connectivity index (χ0v) is 6.78. The van der Waals surface area contributed by atoms with Gasteiger partial charge < -0.3 is 10.1 Å². The first-order valence-corrected chi connectivity index (χ1v) is 3.94. The van der Waals surface area contributed by atoms with Gasteiger partial charge in [-0.1, -0.05) is 0 Å². The van der Waals surface area contributed by atoms with Crippen molar-refractivity contribution in [1.29, 1.82) is 0 Å².